The smallest absolute Gasteiger partial charge is 0.321 e. The van der Waals surface area contributed by atoms with Crippen LogP contribution in [0.2, 0.25) is 0 Å². The number of carbonyl (C=O) groups is 1. The van der Waals surface area contributed by atoms with Crippen LogP contribution in [0.25, 0.3) is 11.3 Å². The third-order valence-electron chi connectivity index (χ3n) is 2.99. The first-order valence-electron chi connectivity index (χ1n) is 5.83. The van der Waals surface area contributed by atoms with Crippen molar-refractivity contribution in [2.45, 2.75) is 12.4 Å². The second-order valence-electron chi connectivity index (χ2n) is 4.39. The molecule has 2 rings (SSSR count). The molecule has 118 valence electrons. The summed E-state index contributed by atoms with van der Waals surface area (Å²) in [5.41, 5.74) is -4.32. The molecule has 1 heterocycles. The molecule has 22 heavy (non-hydrogen) atoms. The Morgan fingerprint density at radius 2 is 1.64 bits per heavy atom. The zero-order valence-electron chi connectivity index (χ0n) is 11.0. The highest BCUT2D eigenvalue weighted by Gasteiger charge is 2.42. The van der Waals surface area contributed by atoms with E-state index in [9.17, 15) is 31.1 Å². The van der Waals surface area contributed by atoms with Gasteiger partial charge in [-0.15, -0.1) is 0 Å². The average Bonchev–Trinajstić information content (AvgIpc) is 2.74. The van der Waals surface area contributed by atoms with Crippen LogP contribution in [0, 0.1) is 0 Å². The minimum absolute atomic E-state index is 0.0505. The number of halogens is 6. The van der Waals surface area contributed by atoms with Gasteiger partial charge in [0.2, 0.25) is 0 Å². The normalized spacial score (nSPS) is 12.5. The fraction of sp³-hybridized carbons (Fsp3) is 0.231. The van der Waals surface area contributed by atoms with E-state index in [2.05, 4.69) is 4.98 Å². The Kier molecular flexibility index (Phi) is 3.76. The van der Waals surface area contributed by atoms with E-state index >= 15 is 0 Å². The fourth-order valence-corrected chi connectivity index (χ4v) is 2.07. The van der Waals surface area contributed by atoms with Crippen LogP contribution in [0.5, 0.6) is 0 Å². The zero-order valence-corrected chi connectivity index (χ0v) is 11.0. The Labute approximate surface area is 120 Å². The van der Waals surface area contributed by atoms with Gasteiger partial charge in [-0.1, -0.05) is 18.2 Å². The Balaban J connectivity index is 2.82. The molecule has 1 aromatic carbocycles. The molecule has 2 aromatic rings. The van der Waals surface area contributed by atoms with Gasteiger partial charge < -0.3 is 4.57 Å². The lowest BCUT2D eigenvalue weighted by Gasteiger charge is -2.14. The maximum atomic E-state index is 13.1. The van der Waals surface area contributed by atoms with Crippen molar-refractivity contribution in [1.82, 2.24) is 9.55 Å². The Morgan fingerprint density at radius 1 is 1.05 bits per heavy atom. The third kappa shape index (κ3) is 2.70. The Morgan fingerprint density at radius 3 is 2.14 bits per heavy atom. The molecule has 0 aliphatic carbocycles. The van der Waals surface area contributed by atoms with E-state index in [1.54, 1.807) is 0 Å². The number of aromatic nitrogens is 2. The summed E-state index contributed by atoms with van der Waals surface area (Å²) in [6.45, 7) is 0. The van der Waals surface area contributed by atoms with Gasteiger partial charge >= 0.3 is 12.4 Å². The molecule has 0 saturated carbocycles. The average molecular weight is 322 g/mol. The van der Waals surface area contributed by atoms with Gasteiger partial charge in [0.15, 0.2) is 17.8 Å². The monoisotopic (exact) mass is 322 g/mol. The van der Waals surface area contributed by atoms with Crippen LogP contribution >= 0.6 is 0 Å². The Hall–Kier alpha value is -2.32. The van der Waals surface area contributed by atoms with E-state index in [1.165, 1.54) is 6.07 Å². The number of benzene rings is 1. The molecule has 0 N–H and O–H groups in total. The summed E-state index contributed by atoms with van der Waals surface area (Å²) in [6.07, 6.45) is -9.76. The summed E-state index contributed by atoms with van der Waals surface area (Å²) in [7, 11) is 0.916. The number of hydrogen-bond donors (Lipinski definition) is 0. The summed E-state index contributed by atoms with van der Waals surface area (Å²) in [5.74, 6) is -0.612. The molecule has 0 amide bonds. The van der Waals surface area contributed by atoms with Gasteiger partial charge in [0, 0.05) is 12.6 Å². The van der Waals surface area contributed by atoms with Crippen molar-refractivity contribution in [1.29, 1.82) is 0 Å². The van der Waals surface area contributed by atoms with Crippen molar-refractivity contribution in [3.63, 3.8) is 0 Å². The SMILES string of the molecule is Cn1c(C=O)nc(-c2ccccc2C(F)(F)F)c1C(F)(F)F. The highest BCUT2D eigenvalue weighted by molar-refractivity contribution is 5.75. The molecule has 0 aliphatic heterocycles. The fourth-order valence-electron chi connectivity index (χ4n) is 2.07. The highest BCUT2D eigenvalue weighted by Crippen LogP contribution is 2.42. The van der Waals surface area contributed by atoms with Gasteiger partial charge in [0.05, 0.1) is 5.56 Å². The van der Waals surface area contributed by atoms with Crippen LogP contribution in [0.3, 0.4) is 0 Å². The molecule has 0 atom stereocenters. The van der Waals surface area contributed by atoms with Crippen molar-refractivity contribution in [3.05, 3.63) is 41.3 Å². The van der Waals surface area contributed by atoms with E-state index in [0.717, 1.165) is 19.2 Å². The first-order valence-corrected chi connectivity index (χ1v) is 5.83. The second kappa shape index (κ2) is 5.15. The van der Waals surface area contributed by atoms with E-state index in [4.69, 9.17) is 0 Å². The van der Waals surface area contributed by atoms with Gasteiger partial charge in [0.25, 0.3) is 0 Å². The van der Waals surface area contributed by atoms with Crippen LogP contribution < -0.4 is 0 Å². The summed E-state index contributed by atoms with van der Waals surface area (Å²) in [6, 6.07) is 3.77. The van der Waals surface area contributed by atoms with E-state index in [1.807, 2.05) is 0 Å². The number of rotatable bonds is 2. The molecule has 3 nitrogen and oxygen atoms in total. The van der Waals surface area contributed by atoms with Crippen LogP contribution in [0.15, 0.2) is 24.3 Å². The van der Waals surface area contributed by atoms with Gasteiger partial charge in [-0.3, -0.25) is 4.79 Å². The highest BCUT2D eigenvalue weighted by atomic mass is 19.4. The number of nitrogens with zero attached hydrogens (tertiary/aromatic N) is 2. The van der Waals surface area contributed by atoms with Crippen molar-refractivity contribution >= 4 is 6.29 Å². The van der Waals surface area contributed by atoms with Gasteiger partial charge in [-0.2, -0.15) is 26.3 Å². The topological polar surface area (TPSA) is 34.9 Å². The van der Waals surface area contributed by atoms with Crippen molar-refractivity contribution < 1.29 is 31.1 Å². The lowest BCUT2D eigenvalue weighted by molar-refractivity contribution is -0.143. The summed E-state index contributed by atoms with van der Waals surface area (Å²) >= 11 is 0. The first-order chi connectivity index (χ1) is 10.1. The van der Waals surface area contributed by atoms with E-state index in [0.29, 0.717) is 10.6 Å². The number of imidazole rings is 1. The number of hydrogen-bond acceptors (Lipinski definition) is 2. The van der Waals surface area contributed by atoms with Gasteiger partial charge in [0.1, 0.15) is 5.69 Å². The molecule has 0 aliphatic rings. The number of alkyl halides is 6. The zero-order chi connectivity index (χ0) is 16.7. The summed E-state index contributed by atoms with van der Waals surface area (Å²) in [5, 5.41) is 0. The third-order valence-corrected chi connectivity index (χ3v) is 2.99. The molecule has 1 aromatic heterocycles. The number of carbonyl (C=O) groups excluding carboxylic acids is 1. The molecule has 0 spiro atoms. The minimum Gasteiger partial charge on any atom is -0.321 e. The predicted octanol–water partition coefficient (Wildman–Crippen LogP) is 3.94. The molecular formula is C13H8F6N2O. The second-order valence-corrected chi connectivity index (χ2v) is 4.39. The van der Waals surface area contributed by atoms with Crippen LogP contribution in [-0.2, 0) is 19.4 Å². The van der Waals surface area contributed by atoms with E-state index < -0.39 is 40.7 Å². The maximum Gasteiger partial charge on any atom is 0.433 e. The van der Waals surface area contributed by atoms with Crippen LogP contribution in [0.1, 0.15) is 21.9 Å². The van der Waals surface area contributed by atoms with Crippen LogP contribution in [-0.4, -0.2) is 15.8 Å². The lowest BCUT2D eigenvalue weighted by Crippen LogP contribution is -2.14. The summed E-state index contributed by atoms with van der Waals surface area (Å²) < 4.78 is 78.7. The maximum absolute atomic E-state index is 13.1. The van der Waals surface area contributed by atoms with Gasteiger partial charge in [-0.25, -0.2) is 4.98 Å². The van der Waals surface area contributed by atoms with Crippen molar-refractivity contribution in [2.24, 2.45) is 7.05 Å². The quantitative estimate of drug-likeness (QED) is 0.620. The van der Waals surface area contributed by atoms with Crippen LogP contribution in [0.4, 0.5) is 26.3 Å². The molecule has 0 radical (unpaired) electrons. The molecule has 0 saturated heterocycles. The van der Waals surface area contributed by atoms with Gasteiger partial charge in [-0.05, 0) is 6.07 Å². The van der Waals surface area contributed by atoms with Crippen molar-refractivity contribution in [2.75, 3.05) is 0 Å². The predicted molar refractivity (Wildman–Crippen MR) is 64.0 cm³/mol. The van der Waals surface area contributed by atoms with E-state index in [-0.39, 0.29) is 6.29 Å². The van der Waals surface area contributed by atoms with Crippen molar-refractivity contribution in [3.8, 4) is 11.3 Å². The molecule has 9 heteroatoms. The molecule has 0 unspecified atom stereocenters. The molecular weight excluding hydrogens is 314 g/mol. The Bertz CT molecular complexity index is 714. The molecule has 0 fully saturated rings. The first kappa shape index (κ1) is 16.1. The minimum atomic E-state index is -4.96. The standard InChI is InChI=1S/C13H8F6N2O/c1-21-9(6-22)20-10(11(21)13(17,18)19)7-4-2-3-5-8(7)12(14,15)16/h2-6H,1H3. The number of aldehydes is 1. The lowest BCUT2D eigenvalue weighted by atomic mass is 10.0. The molecule has 0 bridgehead atoms. The summed E-state index contributed by atoms with van der Waals surface area (Å²) in [4.78, 5) is 14.2. The largest absolute Gasteiger partial charge is 0.433 e.